The van der Waals surface area contributed by atoms with Crippen LogP contribution in [0.4, 0.5) is 11.4 Å². The lowest BCUT2D eigenvalue weighted by molar-refractivity contribution is 0.102. The second-order valence-electron chi connectivity index (χ2n) is 6.04. The lowest BCUT2D eigenvalue weighted by Crippen LogP contribution is -2.32. The maximum atomic E-state index is 12.3. The molecule has 5 heteroatoms. The third kappa shape index (κ3) is 4.10. The summed E-state index contributed by atoms with van der Waals surface area (Å²) in [5, 5.41) is 2.86. The van der Waals surface area contributed by atoms with Crippen molar-refractivity contribution in [3.63, 3.8) is 0 Å². The molecule has 23 heavy (non-hydrogen) atoms. The molecule has 2 aromatic rings. The number of anilines is 2. The number of piperidine rings is 1. The Balaban J connectivity index is 1.65. The molecule has 0 aliphatic carbocycles. The molecule has 2 heterocycles. The van der Waals surface area contributed by atoms with E-state index in [2.05, 4.69) is 38.1 Å². The van der Waals surface area contributed by atoms with Crippen LogP contribution in [-0.4, -0.2) is 24.0 Å². The van der Waals surface area contributed by atoms with Crippen LogP contribution in [0.5, 0.6) is 0 Å². The van der Waals surface area contributed by atoms with Gasteiger partial charge in [0.2, 0.25) is 0 Å². The molecule has 0 unspecified atom stereocenters. The summed E-state index contributed by atoms with van der Waals surface area (Å²) in [6.07, 6.45) is 4.22. The predicted molar refractivity (Wildman–Crippen MR) is 96.9 cm³/mol. The van der Waals surface area contributed by atoms with Crippen molar-refractivity contribution in [1.82, 2.24) is 4.98 Å². The van der Waals surface area contributed by atoms with Gasteiger partial charge < -0.3 is 10.2 Å². The number of benzene rings is 1. The second kappa shape index (κ2) is 7.13. The first-order valence-electron chi connectivity index (χ1n) is 7.90. The van der Waals surface area contributed by atoms with Gasteiger partial charge in [-0.05, 0) is 49.1 Å². The van der Waals surface area contributed by atoms with Crippen LogP contribution in [0.25, 0.3) is 0 Å². The smallest absolute Gasteiger partial charge is 0.274 e. The minimum Gasteiger partial charge on any atom is -0.370 e. The average Bonchev–Trinajstić information content (AvgIpc) is 2.56. The van der Waals surface area contributed by atoms with Crippen molar-refractivity contribution < 1.29 is 4.79 Å². The number of rotatable bonds is 3. The largest absolute Gasteiger partial charge is 0.370 e. The van der Waals surface area contributed by atoms with Crippen LogP contribution >= 0.6 is 15.9 Å². The number of hydrogen-bond acceptors (Lipinski definition) is 3. The molecule has 1 aliphatic heterocycles. The van der Waals surface area contributed by atoms with Crippen molar-refractivity contribution in [2.75, 3.05) is 23.3 Å². The molecule has 0 spiro atoms. The summed E-state index contributed by atoms with van der Waals surface area (Å²) in [5.74, 6) is 0.608. The summed E-state index contributed by atoms with van der Waals surface area (Å²) in [4.78, 5) is 18.9. The van der Waals surface area contributed by atoms with E-state index in [-0.39, 0.29) is 5.91 Å². The molecule has 1 aromatic heterocycles. The van der Waals surface area contributed by atoms with Gasteiger partial charge in [0.1, 0.15) is 5.69 Å². The number of carbonyl (C=O) groups is 1. The zero-order valence-electron chi connectivity index (χ0n) is 13.1. The number of aromatic nitrogens is 1. The zero-order valence-corrected chi connectivity index (χ0v) is 14.7. The maximum Gasteiger partial charge on any atom is 0.274 e. The van der Waals surface area contributed by atoms with Gasteiger partial charge in [-0.1, -0.05) is 28.9 Å². The van der Waals surface area contributed by atoms with Gasteiger partial charge in [-0.25, -0.2) is 4.98 Å². The Morgan fingerprint density at radius 2 is 2.04 bits per heavy atom. The Bertz CT molecular complexity index is 679. The number of nitrogens with zero attached hydrogens (tertiary/aromatic N) is 2. The van der Waals surface area contributed by atoms with E-state index in [9.17, 15) is 4.79 Å². The summed E-state index contributed by atoms with van der Waals surface area (Å²) in [6, 6.07) is 11.3. The highest BCUT2D eigenvalue weighted by molar-refractivity contribution is 9.10. The number of pyridine rings is 1. The summed E-state index contributed by atoms with van der Waals surface area (Å²) in [7, 11) is 0. The van der Waals surface area contributed by atoms with Gasteiger partial charge in [-0.3, -0.25) is 4.79 Å². The number of halogens is 1. The molecular weight excluding hydrogens is 354 g/mol. The summed E-state index contributed by atoms with van der Waals surface area (Å²) in [5.41, 5.74) is 2.27. The van der Waals surface area contributed by atoms with Crippen LogP contribution in [0.3, 0.4) is 0 Å². The molecule has 0 bridgehead atoms. The molecule has 4 nitrogen and oxygen atoms in total. The average molecular weight is 374 g/mol. The van der Waals surface area contributed by atoms with Crippen LogP contribution in [0.15, 0.2) is 47.1 Å². The van der Waals surface area contributed by atoms with Crippen molar-refractivity contribution >= 4 is 33.2 Å². The highest BCUT2D eigenvalue weighted by atomic mass is 79.9. The van der Waals surface area contributed by atoms with E-state index < -0.39 is 0 Å². The van der Waals surface area contributed by atoms with E-state index in [4.69, 9.17) is 0 Å². The SMILES string of the molecule is CC1CCN(c2ccc(C(=O)Nc3cccc(Br)c3)nc2)CC1. The van der Waals surface area contributed by atoms with Crippen LogP contribution in [0.1, 0.15) is 30.3 Å². The minimum absolute atomic E-state index is 0.193. The molecule has 3 rings (SSSR count). The Hall–Kier alpha value is -1.88. The Morgan fingerprint density at radius 1 is 1.26 bits per heavy atom. The quantitative estimate of drug-likeness (QED) is 0.870. The van der Waals surface area contributed by atoms with Crippen LogP contribution in [0, 0.1) is 5.92 Å². The first-order valence-corrected chi connectivity index (χ1v) is 8.69. The molecule has 120 valence electrons. The molecule has 1 amide bonds. The third-order valence-electron chi connectivity index (χ3n) is 4.21. The van der Waals surface area contributed by atoms with E-state index in [1.807, 2.05) is 30.3 Å². The molecule has 0 atom stereocenters. The summed E-state index contributed by atoms with van der Waals surface area (Å²) in [6.45, 7) is 4.42. The standard InChI is InChI=1S/C18H20BrN3O/c1-13-7-9-22(10-8-13)16-5-6-17(20-12-16)18(23)21-15-4-2-3-14(19)11-15/h2-6,11-13H,7-10H2,1H3,(H,21,23). The fourth-order valence-electron chi connectivity index (χ4n) is 2.74. The van der Waals surface area contributed by atoms with Crippen molar-refractivity contribution in [2.24, 2.45) is 5.92 Å². The maximum absolute atomic E-state index is 12.3. The number of nitrogens with one attached hydrogen (secondary N) is 1. The van der Waals surface area contributed by atoms with Crippen molar-refractivity contribution in [1.29, 1.82) is 0 Å². The first-order chi connectivity index (χ1) is 11.1. The Kier molecular flexibility index (Phi) is 4.96. The van der Waals surface area contributed by atoms with Crippen molar-refractivity contribution in [2.45, 2.75) is 19.8 Å². The normalized spacial score (nSPS) is 15.5. The van der Waals surface area contributed by atoms with Crippen LogP contribution in [-0.2, 0) is 0 Å². The third-order valence-corrected chi connectivity index (χ3v) is 4.71. The molecule has 1 fully saturated rings. The molecular formula is C18H20BrN3O. The molecule has 1 aromatic carbocycles. The fourth-order valence-corrected chi connectivity index (χ4v) is 3.13. The van der Waals surface area contributed by atoms with E-state index in [1.54, 1.807) is 12.3 Å². The predicted octanol–water partition coefficient (Wildman–Crippen LogP) is 4.33. The lowest BCUT2D eigenvalue weighted by Gasteiger charge is -2.31. The fraction of sp³-hybridized carbons (Fsp3) is 0.333. The topological polar surface area (TPSA) is 45.2 Å². The highest BCUT2D eigenvalue weighted by Crippen LogP contribution is 2.22. The van der Waals surface area contributed by atoms with Gasteiger partial charge in [0.15, 0.2) is 0 Å². The van der Waals surface area contributed by atoms with E-state index in [1.165, 1.54) is 12.8 Å². The number of hydrogen-bond donors (Lipinski definition) is 1. The Morgan fingerprint density at radius 3 is 2.70 bits per heavy atom. The van der Waals surface area contributed by atoms with Gasteiger partial charge in [0.25, 0.3) is 5.91 Å². The van der Waals surface area contributed by atoms with Gasteiger partial charge >= 0.3 is 0 Å². The molecule has 1 aliphatic rings. The molecule has 1 saturated heterocycles. The Labute approximate surface area is 145 Å². The van der Waals surface area contributed by atoms with Crippen LogP contribution < -0.4 is 10.2 Å². The number of carbonyl (C=O) groups excluding carboxylic acids is 1. The highest BCUT2D eigenvalue weighted by Gasteiger charge is 2.17. The van der Waals surface area contributed by atoms with Gasteiger partial charge in [-0.2, -0.15) is 0 Å². The monoisotopic (exact) mass is 373 g/mol. The van der Waals surface area contributed by atoms with Crippen LogP contribution in [0.2, 0.25) is 0 Å². The van der Waals surface area contributed by atoms with E-state index >= 15 is 0 Å². The zero-order chi connectivity index (χ0) is 16.2. The van der Waals surface area contributed by atoms with Gasteiger partial charge in [0.05, 0.1) is 11.9 Å². The molecule has 0 radical (unpaired) electrons. The molecule has 1 N–H and O–H groups in total. The summed E-state index contributed by atoms with van der Waals surface area (Å²) >= 11 is 3.39. The lowest BCUT2D eigenvalue weighted by atomic mass is 9.99. The van der Waals surface area contributed by atoms with E-state index in [0.29, 0.717) is 5.69 Å². The van der Waals surface area contributed by atoms with Gasteiger partial charge in [-0.15, -0.1) is 0 Å². The summed E-state index contributed by atoms with van der Waals surface area (Å²) < 4.78 is 0.929. The molecule has 0 saturated carbocycles. The minimum atomic E-state index is -0.193. The first kappa shape index (κ1) is 16.0. The number of amides is 1. The van der Waals surface area contributed by atoms with Gasteiger partial charge in [0, 0.05) is 23.2 Å². The second-order valence-corrected chi connectivity index (χ2v) is 6.95. The van der Waals surface area contributed by atoms with Crippen molar-refractivity contribution in [3.8, 4) is 0 Å². The van der Waals surface area contributed by atoms with Crippen molar-refractivity contribution in [3.05, 3.63) is 52.8 Å². The van der Waals surface area contributed by atoms with E-state index in [0.717, 1.165) is 34.9 Å².